The summed E-state index contributed by atoms with van der Waals surface area (Å²) in [6.07, 6.45) is 1.60. The number of rotatable bonds is 12. The molecule has 1 amide bonds. The predicted molar refractivity (Wildman–Crippen MR) is 139 cm³/mol. The smallest absolute Gasteiger partial charge is 0.305 e. The van der Waals surface area contributed by atoms with Crippen LogP contribution in [-0.4, -0.2) is 51.7 Å². The van der Waals surface area contributed by atoms with Crippen molar-refractivity contribution in [2.75, 3.05) is 24.5 Å². The summed E-state index contributed by atoms with van der Waals surface area (Å²) in [7, 11) is 0. The maximum atomic E-state index is 12.1. The molecule has 9 heteroatoms. The van der Waals surface area contributed by atoms with Crippen molar-refractivity contribution >= 4 is 17.7 Å². The molecule has 0 saturated carbocycles. The third-order valence-corrected chi connectivity index (χ3v) is 6.17. The second-order valence-electron chi connectivity index (χ2n) is 8.73. The number of carbonyl (C=O) groups excluding carboxylic acids is 1. The van der Waals surface area contributed by atoms with Crippen molar-refractivity contribution in [2.45, 2.75) is 60.3 Å². The van der Waals surface area contributed by atoms with Crippen molar-refractivity contribution in [1.82, 2.24) is 20.4 Å². The van der Waals surface area contributed by atoms with E-state index in [1.165, 1.54) is 0 Å². The molecule has 0 fully saturated rings. The Kier molecular flexibility index (Phi) is 9.16. The molecule has 0 aliphatic carbocycles. The molecule has 2 heterocycles. The van der Waals surface area contributed by atoms with Crippen LogP contribution in [0, 0.1) is 13.8 Å². The number of amides is 1. The van der Waals surface area contributed by atoms with E-state index in [1.807, 2.05) is 32.0 Å². The van der Waals surface area contributed by atoms with Gasteiger partial charge in [0.05, 0.1) is 6.42 Å². The lowest BCUT2D eigenvalue weighted by Gasteiger charge is -2.20. The molecule has 0 radical (unpaired) electrons. The molecular weight excluding hydrogens is 458 g/mol. The van der Waals surface area contributed by atoms with Crippen LogP contribution in [0.15, 0.2) is 28.8 Å². The van der Waals surface area contributed by atoms with Crippen molar-refractivity contribution in [2.24, 2.45) is 0 Å². The van der Waals surface area contributed by atoms with Crippen LogP contribution in [0.5, 0.6) is 0 Å². The number of aromatic nitrogens is 3. The van der Waals surface area contributed by atoms with Crippen LogP contribution < -0.4 is 10.2 Å². The highest BCUT2D eigenvalue weighted by Gasteiger charge is 2.17. The van der Waals surface area contributed by atoms with Crippen LogP contribution >= 0.6 is 0 Å². The number of carboxylic acid groups (broad SMARTS) is 1. The molecule has 0 spiro atoms. The van der Waals surface area contributed by atoms with Crippen LogP contribution in [0.25, 0.3) is 22.8 Å². The van der Waals surface area contributed by atoms with E-state index in [1.54, 1.807) is 0 Å². The van der Waals surface area contributed by atoms with Gasteiger partial charge in [-0.3, -0.25) is 9.59 Å². The zero-order valence-corrected chi connectivity index (χ0v) is 21.7. The molecule has 36 heavy (non-hydrogen) atoms. The lowest BCUT2D eigenvalue weighted by atomic mass is 9.93. The Morgan fingerprint density at radius 3 is 2.42 bits per heavy atom. The van der Waals surface area contributed by atoms with E-state index in [2.05, 4.69) is 52.2 Å². The van der Waals surface area contributed by atoms with E-state index in [-0.39, 0.29) is 18.9 Å². The zero-order chi connectivity index (χ0) is 26.2. The van der Waals surface area contributed by atoms with Crippen molar-refractivity contribution < 1.29 is 19.2 Å². The van der Waals surface area contributed by atoms with Gasteiger partial charge in [0.1, 0.15) is 5.82 Å². The van der Waals surface area contributed by atoms with Crippen LogP contribution in [0.1, 0.15) is 56.0 Å². The predicted octanol–water partition coefficient (Wildman–Crippen LogP) is 4.35. The molecular formula is C27H35N5O4. The van der Waals surface area contributed by atoms with E-state index in [0.29, 0.717) is 24.6 Å². The Morgan fingerprint density at radius 2 is 1.75 bits per heavy atom. The maximum Gasteiger partial charge on any atom is 0.305 e. The van der Waals surface area contributed by atoms with Gasteiger partial charge in [-0.25, -0.2) is 4.98 Å². The molecule has 3 aromatic rings. The molecule has 2 aromatic heterocycles. The normalized spacial score (nSPS) is 10.9. The number of anilines is 1. The molecule has 9 nitrogen and oxygen atoms in total. The topological polar surface area (TPSA) is 121 Å². The van der Waals surface area contributed by atoms with Crippen molar-refractivity contribution in [1.29, 1.82) is 0 Å². The second-order valence-corrected chi connectivity index (χ2v) is 8.73. The highest BCUT2D eigenvalue weighted by Crippen LogP contribution is 2.29. The summed E-state index contributed by atoms with van der Waals surface area (Å²) in [5.41, 5.74) is 5.88. The van der Waals surface area contributed by atoms with Gasteiger partial charge in [-0.1, -0.05) is 12.1 Å². The Morgan fingerprint density at radius 1 is 1.00 bits per heavy atom. The molecule has 3 rings (SSSR count). The molecule has 2 N–H and O–H groups in total. The first-order valence-electron chi connectivity index (χ1n) is 12.4. The van der Waals surface area contributed by atoms with Crippen molar-refractivity contribution in [3.05, 3.63) is 46.6 Å². The lowest BCUT2D eigenvalue weighted by Crippen LogP contribution is -2.26. The lowest BCUT2D eigenvalue weighted by molar-refractivity contribution is -0.136. The van der Waals surface area contributed by atoms with Gasteiger partial charge in [0.15, 0.2) is 0 Å². The van der Waals surface area contributed by atoms with E-state index in [9.17, 15) is 9.59 Å². The number of benzene rings is 1. The third kappa shape index (κ3) is 6.68. The number of carbonyl (C=O) groups is 2. The number of nitrogens with zero attached hydrogens (tertiary/aromatic N) is 4. The van der Waals surface area contributed by atoms with Gasteiger partial charge in [0.2, 0.25) is 11.7 Å². The number of nitrogens with one attached hydrogen (secondary N) is 1. The first-order chi connectivity index (χ1) is 17.2. The monoisotopic (exact) mass is 493 g/mol. The van der Waals surface area contributed by atoms with Gasteiger partial charge < -0.3 is 19.8 Å². The summed E-state index contributed by atoms with van der Waals surface area (Å²) in [4.78, 5) is 34.2. The number of aryl methyl sites for hydroxylation is 3. The number of pyridine rings is 1. The molecule has 0 saturated heterocycles. The number of hydrogen-bond acceptors (Lipinski definition) is 7. The average Bonchev–Trinajstić information content (AvgIpc) is 3.33. The van der Waals surface area contributed by atoms with Crippen LogP contribution in [0.3, 0.4) is 0 Å². The van der Waals surface area contributed by atoms with E-state index in [4.69, 9.17) is 9.63 Å². The SMILES string of the molecule is CCc1cc(-c2noc(-c3cc(C)nc(N(CC)CC)c3)n2)cc(C)c1CCC(=O)NCCC(=O)O. The fourth-order valence-corrected chi connectivity index (χ4v) is 4.27. The molecule has 0 atom stereocenters. The minimum atomic E-state index is -0.928. The summed E-state index contributed by atoms with van der Waals surface area (Å²) in [5, 5.41) is 15.6. The molecule has 0 aliphatic heterocycles. The maximum absolute atomic E-state index is 12.1. The summed E-state index contributed by atoms with van der Waals surface area (Å²) < 4.78 is 5.64. The summed E-state index contributed by atoms with van der Waals surface area (Å²) in [6.45, 7) is 12.1. The number of carboxylic acids is 1. The average molecular weight is 494 g/mol. The Labute approximate surface area is 211 Å². The van der Waals surface area contributed by atoms with Crippen LogP contribution in [0.4, 0.5) is 5.82 Å². The number of hydrogen-bond donors (Lipinski definition) is 2. The van der Waals surface area contributed by atoms with E-state index >= 15 is 0 Å². The quantitative estimate of drug-likeness (QED) is 0.382. The number of aliphatic carboxylic acids is 1. The minimum absolute atomic E-state index is 0.0811. The van der Waals surface area contributed by atoms with Crippen molar-refractivity contribution in [3.8, 4) is 22.8 Å². The first kappa shape index (κ1) is 26.8. The van der Waals surface area contributed by atoms with Gasteiger partial charge in [0.25, 0.3) is 5.89 Å². The summed E-state index contributed by atoms with van der Waals surface area (Å²) in [5.74, 6) is 0.765. The third-order valence-electron chi connectivity index (χ3n) is 6.17. The van der Waals surface area contributed by atoms with Gasteiger partial charge in [0, 0.05) is 42.9 Å². The molecule has 0 bridgehead atoms. The van der Waals surface area contributed by atoms with E-state index < -0.39 is 5.97 Å². The van der Waals surface area contributed by atoms with Crippen LogP contribution in [-0.2, 0) is 22.4 Å². The van der Waals surface area contributed by atoms with Gasteiger partial charge >= 0.3 is 5.97 Å². The van der Waals surface area contributed by atoms with Crippen LogP contribution in [0.2, 0.25) is 0 Å². The minimum Gasteiger partial charge on any atom is -0.481 e. The fraction of sp³-hybridized carbons (Fsp3) is 0.444. The highest BCUT2D eigenvalue weighted by molar-refractivity contribution is 5.77. The van der Waals surface area contributed by atoms with Gasteiger partial charge in [-0.05, 0) is 81.5 Å². The molecule has 0 aliphatic rings. The highest BCUT2D eigenvalue weighted by atomic mass is 16.5. The summed E-state index contributed by atoms with van der Waals surface area (Å²) >= 11 is 0. The largest absolute Gasteiger partial charge is 0.481 e. The standard InChI is InChI=1S/C27H35N5O4/c1-6-19-15-20(13-17(4)22(19)9-10-24(33)28-12-11-25(34)35)26-30-27(36-31-26)21-14-18(5)29-23(16-21)32(7-2)8-3/h13-16H,6-12H2,1-5H3,(H,28,33)(H,34,35). The fourth-order valence-electron chi connectivity index (χ4n) is 4.27. The molecule has 0 unspecified atom stereocenters. The zero-order valence-electron chi connectivity index (χ0n) is 21.7. The van der Waals surface area contributed by atoms with Gasteiger partial charge in [-0.2, -0.15) is 4.98 Å². The Bertz CT molecular complexity index is 1220. The summed E-state index contributed by atoms with van der Waals surface area (Å²) in [6, 6.07) is 7.99. The molecule has 192 valence electrons. The van der Waals surface area contributed by atoms with Gasteiger partial charge in [-0.15, -0.1) is 0 Å². The Balaban J connectivity index is 1.80. The van der Waals surface area contributed by atoms with E-state index in [0.717, 1.165) is 58.8 Å². The first-order valence-corrected chi connectivity index (χ1v) is 12.4. The molecule has 1 aromatic carbocycles. The second kappa shape index (κ2) is 12.3. The Hall–Kier alpha value is -3.75. The van der Waals surface area contributed by atoms with Crippen molar-refractivity contribution in [3.63, 3.8) is 0 Å².